The average molecular weight is 279 g/mol. The highest BCUT2D eigenvalue weighted by Crippen LogP contribution is 2.48. The van der Waals surface area contributed by atoms with E-state index < -0.39 is 35.1 Å². The van der Waals surface area contributed by atoms with Gasteiger partial charge in [0.25, 0.3) is 5.92 Å². The van der Waals surface area contributed by atoms with Crippen molar-refractivity contribution in [3.8, 4) is 0 Å². The smallest absolute Gasteiger partial charge is 0.256 e. The number of aromatic nitrogens is 1. The summed E-state index contributed by atoms with van der Waals surface area (Å²) < 4.78 is 80.4. The van der Waals surface area contributed by atoms with Gasteiger partial charge in [-0.3, -0.25) is 4.98 Å². The molecular weight excluding hydrogens is 272 g/mol. The molecule has 0 unspecified atom stereocenters. The maximum atomic E-state index is 13.7. The van der Waals surface area contributed by atoms with E-state index in [1.165, 1.54) is 12.1 Å². The van der Waals surface area contributed by atoms with E-state index in [4.69, 9.17) is 0 Å². The fraction of sp³-hybridized carbons (Fsp3) is 0.250. The summed E-state index contributed by atoms with van der Waals surface area (Å²) in [5.74, 6) is -13.4. The third-order valence-corrected chi connectivity index (χ3v) is 2.55. The molecule has 0 amide bonds. The van der Waals surface area contributed by atoms with E-state index >= 15 is 0 Å². The molecule has 1 aliphatic rings. The van der Waals surface area contributed by atoms with E-state index in [2.05, 4.69) is 4.98 Å². The van der Waals surface area contributed by atoms with Crippen molar-refractivity contribution in [3.05, 3.63) is 48.3 Å². The minimum atomic E-state index is -4.77. The maximum Gasteiger partial charge on any atom is 0.341 e. The largest absolute Gasteiger partial charge is 0.341 e. The Labute approximate surface area is 104 Å². The summed E-state index contributed by atoms with van der Waals surface area (Å²) in [6, 6.07) is 3.57. The fourth-order valence-electron chi connectivity index (χ4n) is 1.59. The van der Waals surface area contributed by atoms with Crippen molar-refractivity contribution < 1.29 is 26.3 Å². The number of rotatable bonds is 1. The Kier molecular flexibility index (Phi) is 2.95. The molecule has 0 radical (unpaired) electrons. The van der Waals surface area contributed by atoms with Gasteiger partial charge in [0.05, 0.1) is 11.3 Å². The van der Waals surface area contributed by atoms with Gasteiger partial charge >= 0.3 is 11.8 Å². The van der Waals surface area contributed by atoms with Crippen molar-refractivity contribution in [2.24, 2.45) is 0 Å². The highest BCUT2D eigenvalue weighted by Gasteiger charge is 2.59. The number of halogens is 6. The standard InChI is InChI=1S/C12H7F6N/c13-10(14)4-5-11(15,16)12(17,18)8(7-10)9-3-1-2-6-19-9/h1-7H. The molecule has 0 aromatic carbocycles. The number of alkyl halides is 6. The molecule has 0 saturated heterocycles. The lowest BCUT2D eigenvalue weighted by Crippen LogP contribution is -2.39. The molecule has 2 rings (SSSR count). The minimum absolute atomic E-state index is 0.188. The summed E-state index contributed by atoms with van der Waals surface area (Å²) in [5.41, 5.74) is -2.11. The van der Waals surface area contributed by atoms with Crippen molar-refractivity contribution in [1.82, 2.24) is 4.98 Å². The van der Waals surface area contributed by atoms with Crippen LogP contribution in [-0.2, 0) is 0 Å². The summed E-state index contributed by atoms with van der Waals surface area (Å²) in [5, 5.41) is 0. The molecule has 0 saturated carbocycles. The lowest BCUT2D eigenvalue weighted by atomic mass is 9.99. The Morgan fingerprint density at radius 3 is 2.16 bits per heavy atom. The molecule has 1 heterocycles. The van der Waals surface area contributed by atoms with E-state index in [1.54, 1.807) is 0 Å². The topological polar surface area (TPSA) is 12.9 Å². The van der Waals surface area contributed by atoms with Crippen LogP contribution in [0, 0.1) is 0 Å². The number of allylic oxidation sites excluding steroid dienone is 4. The summed E-state index contributed by atoms with van der Waals surface area (Å²) in [6.45, 7) is 0. The zero-order chi connectivity index (χ0) is 14.3. The molecule has 1 nitrogen and oxygen atoms in total. The lowest BCUT2D eigenvalue weighted by Gasteiger charge is -2.25. The van der Waals surface area contributed by atoms with Gasteiger partial charge in [0.1, 0.15) is 0 Å². The molecule has 1 aliphatic carbocycles. The van der Waals surface area contributed by atoms with Gasteiger partial charge in [-0.05, 0) is 24.3 Å². The predicted molar refractivity (Wildman–Crippen MR) is 56.2 cm³/mol. The van der Waals surface area contributed by atoms with Crippen LogP contribution in [0.5, 0.6) is 0 Å². The Hall–Kier alpha value is -1.79. The number of nitrogens with zero attached hydrogens (tertiary/aromatic N) is 1. The molecule has 1 aromatic heterocycles. The van der Waals surface area contributed by atoms with E-state index in [-0.39, 0.29) is 12.2 Å². The first-order valence-electron chi connectivity index (χ1n) is 5.14. The van der Waals surface area contributed by atoms with E-state index in [1.807, 2.05) is 0 Å². The monoisotopic (exact) mass is 279 g/mol. The highest BCUT2D eigenvalue weighted by atomic mass is 19.3. The second-order valence-corrected chi connectivity index (χ2v) is 3.98. The Balaban J connectivity index is 2.65. The number of hydrogen-bond donors (Lipinski definition) is 0. The maximum absolute atomic E-state index is 13.7. The highest BCUT2D eigenvalue weighted by molar-refractivity contribution is 5.71. The van der Waals surface area contributed by atoms with Crippen molar-refractivity contribution in [2.45, 2.75) is 17.8 Å². The second kappa shape index (κ2) is 4.11. The summed E-state index contributed by atoms with van der Waals surface area (Å²) >= 11 is 0. The molecule has 102 valence electrons. The Morgan fingerprint density at radius 2 is 1.58 bits per heavy atom. The lowest BCUT2D eigenvalue weighted by molar-refractivity contribution is -0.139. The number of pyridine rings is 1. The normalized spacial score (nSPS) is 23.6. The molecule has 0 atom stereocenters. The van der Waals surface area contributed by atoms with Crippen LogP contribution in [0.15, 0.2) is 42.6 Å². The van der Waals surface area contributed by atoms with Gasteiger partial charge in [-0.25, -0.2) is 0 Å². The Morgan fingerprint density at radius 1 is 0.895 bits per heavy atom. The number of hydrogen-bond acceptors (Lipinski definition) is 1. The quantitative estimate of drug-likeness (QED) is 0.560. The molecule has 7 heteroatoms. The van der Waals surface area contributed by atoms with E-state index in [0.717, 1.165) is 12.3 Å². The molecule has 19 heavy (non-hydrogen) atoms. The van der Waals surface area contributed by atoms with Crippen molar-refractivity contribution in [1.29, 1.82) is 0 Å². The van der Waals surface area contributed by atoms with Crippen molar-refractivity contribution in [2.75, 3.05) is 0 Å². The van der Waals surface area contributed by atoms with E-state index in [9.17, 15) is 26.3 Å². The Bertz CT molecular complexity index is 532. The van der Waals surface area contributed by atoms with Gasteiger partial charge in [-0.2, -0.15) is 26.3 Å². The van der Waals surface area contributed by atoms with Crippen molar-refractivity contribution >= 4 is 5.57 Å². The molecule has 1 aromatic rings. The van der Waals surface area contributed by atoms with Gasteiger partial charge in [-0.15, -0.1) is 0 Å². The van der Waals surface area contributed by atoms with Crippen LogP contribution >= 0.6 is 0 Å². The van der Waals surface area contributed by atoms with Crippen LogP contribution < -0.4 is 0 Å². The molecule has 0 N–H and O–H groups in total. The van der Waals surface area contributed by atoms with Gasteiger partial charge in [0.15, 0.2) is 0 Å². The van der Waals surface area contributed by atoms with Gasteiger partial charge < -0.3 is 0 Å². The zero-order valence-corrected chi connectivity index (χ0v) is 9.26. The minimum Gasteiger partial charge on any atom is -0.256 e. The summed E-state index contributed by atoms with van der Waals surface area (Å²) in [4.78, 5) is 3.43. The van der Waals surface area contributed by atoms with Crippen LogP contribution in [0.1, 0.15) is 5.69 Å². The van der Waals surface area contributed by atoms with Crippen LogP contribution in [0.3, 0.4) is 0 Å². The van der Waals surface area contributed by atoms with Crippen LogP contribution in [0.4, 0.5) is 26.3 Å². The molecule has 0 aliphatic heterocycles. The second-order valence-electron chi connectivity index (χ2n) is 3.98. The predicted octanol–water partition coefficient (Wildman–Crippen LogP) is 3.94. The fourth-order valence-corrected chi connectivity index (χ4v) is 1.59. The molecule has 0 spiro atoms. The average Bonchev–Trinajstić information content (AvgIpc) is 2.40. The molecule has 0 fully saturated rings. The van der Waals surface area contributed by atoms with Crippen molar-refractivity contribution in [3.63, 3.8) is 0 Å². The van der Waals surface area contributed by atoms with E-state index in [0.29, 0.717) is 0 Å². The van der Waals surface area contributed by atoms with Crippen LogP contribution in [0.25, 0.3) is 5.57 Å². The first-order chi connectivity index (χ1) is 8.66. The summed E-state index contributed by atoms with van der Waals surface area (Å²) in [6.07, 6.45) is 0.157. The molecule has 0 bridgehead atoms. The van der Waals surface area contributed by atoms with Crippen LogP contribution in [0.2, 0.25) is 0 Å². The summed E-state index contributed by atoms with van der Waals surface area (Å²) in [7, 11) is 0. The SMILES string of the molecule is FC1(F)C=CC(F)(F)C(F)(F)C(c2ccccn2)=C1. The first-order valence-corrected chi connectivity index (χ1v) is 5.14. The third-order valence-electron chi connectivity index (χ3n) is 2.55. The molecular formula is C12H7F6N. The third kappa shape index (κ3) is 2.36. The van der Waals surface area contributed by atoms with Crippen LogP contribution in [-0.4, -0.2) is 22.8 Å². The zero-order valence-electron chi connectivity index (χ0n) is 9.26. The van der Waals surface area contributed by atoms with Gasteiger partial charge in [0, 0.05) is 12.3 Å². The van der Waals surface area contributed by atoms with Gasteiger partial charge in [-0.1, -0.05) is 6.07 Å². The first kappa shape index (κ1) is 13.6. The van der Waals surface area contributed by atoms with Gasteiger partial charge in [0.2, 0.25) is 0 Å².